The highest BCUT2D eigenvalue weighted by Gasteiger charge is 2.22. The second-order valence-corrected chi connectivity index (χ2v) is 7.47. The average molecular weight is 372 g/mol. The molecule has 1 aromatic carbocycles. The number of alkyl halides is 2. The van der Waals surface area contributed by atoms with Crippen molar-refractivity contribution in [3.8, 4) is 0 Å². The third-order valence-corrected chi connectivity index (χ3v) is 4.95. The van der Waals surface area contributed by atoms with Crippen LogP contribution in [-0.2, 0) is 9.53 Å². The summed E-state index contributed by atoms with van der Waals surface area (Å²) in [7, 11) is 0. The number of nitrogens with one attached hydrogen (secondary N) is 1. The second kappa shape index (κ2) is 10.1. The maximum atomic E-state index is 12.6. The predicted molar refractivity (Wildman–Crippen MR) is 97.2 cm³/mol. The SMILES string of the molecule is CC(C)N(CC(=O)Nc1ccccc1SC(F)F)C[C@H]1CCCCO1. The van der Waals surface area contributed by atoms with Crippen molar-refractivity contribution >= 4 is 23.4 Å². The van der Waals surface area contributed by atoms with Crippen LogP contribution >= 0.6 is 11.8 Å². The number of rotatable bonds is 8. The van der Waals surface area contributed by atoms with Crippen LogP contribution in [0.2, 0.25) is 0 Å². The van der Waals surface area contributed by atoms with E-state index in [4.69, 9.17) is 4.74 Å². The minimum absolute atomic E-state index is 0.158. The van der Waals surface area contributed by atoms with Gasteiger partial charge >= 0.3 is 0 Å². The Morgan fingerprint density at radius 1 is 1.36 bits per heavy atom. The van der Waals surface area contributed by atoms with Crippen molar-refractivity contribution in [2.45, 2.75) is 55.9 Å². The quantitative estimate of drug-likeness (QED) is 0.694. The van der Waals surface area contributed by atoms with E-state index >= 15 is 0 Å². The number of nitrogens with zero attached hydrogens (tertiary/aromatic N) is 1. The van der Waals surface area contributed by atoms with Gasteiger partial charge in [0.05, 0.1) is 18.3 Å². The van der Waals surface area contributed by atoms with E-state index in [9.17, 15) is 13.6 Å². The summed E-state index contributed by atoms with van der Waals surface area (Å²) in [5.41, 5.74) is 0.426. The molecule has 2 rings (SSSR count). The Morgan fingerprint density at radius 2 is 2.12 bits per heavy atom. The van der Waals surface area contributed by atoms with E-state index in [1.807, 2.05) is 13.8 Å². The molecule has 1 aromatic rings. The topological polar surface area (TPSA) is 41.6 Å². The first kappa shape index (κ1) is 20.1. The van der Waals surface area contributed by atoms with Gasteiger partial charge in [0.25, 0.3) is 5.76 Å². The molecule has 1 saturated heterocycles. The molecular weight excluding hydrogens is 346 g/mol. The van der Waals surface area contributed by atoms with Crippen LogP contribution in [0.25, 0.3) is 0 Å². The van der Waals surface area contributed by atoms with Gasteiger partial charge in [-0.15, -0.1) is 0 Å². The monoisotopic (exact) mass is 372 g/mol. The van der Waals surface area contributed by atoms with Crippen molar-refractivity contribution in [1.82, 2.24) is 4.90 Å². The first-order valence-corrected chi connectivity index (χ1v) is 9.53. The van der Waals surface area contributed by atoms with Crippen molar-refractivity contribution < 1.29 is 18.3 Å². The fourth-order valence-electron chi connectivity index (χ4n) is 2.81. The predicted octanol–water partition coefficient (Wildman–Crippen LogP) is 4.22. The number of halogens is 2. The van der Waals surface area contributed by atoms with Crippen LogP contribution in [0.4, 0.5) is 14.5 Å². The Labute approximate surface area is 152 Å². The maximum Gasteiger partial charge on any atom is 0.288 e. The summed E-state index contributed by atoms with van der Waals surface area (Å²) in [6.45, 7) is 5.78. The summed E-state index contributed by atoms with van der Waals surface area (Å²) in [6.07, 6.45) is 3.42. The van der Waals surface area contributed by atoms with Crippen LogP contribution in [0.3, 0.4) is 0 Å². The third-order valence-electron chi connectivity index (χ3n) is 4.17. The zero-order valence-corrected chi connectivity index (χ0v) is 15.5. The number of thioether (sulfide) groups is 1. The van der Waals surface area contributed by atoms with Gasteiger partial charge in [-0.2, -0.15) is 8.78 Å². The summed E-state index contributed by atoms with van der Waals surface area (Å²) in [4.78, 5) is 14.9. The fourth-order valence-corrected chi connectivity index (χ4v) is 3.41. The average Bonchev–Trinajstić information content (AvgIpc) is 2.56. The molecule has 25 heavy (non-hydrogen) atoms. The first-order valence-electron chi connectivity index (χ1n) is 8.65. The Hall–Kier alpha value is -1.18. The molecule has 1 aliphatic rings. The van der Waals surface area contributed by atoms with Gasteiger partial charge in [0.2, 0.25) is 5.91 Å². The zero-order valence-electron chi connectivity index (χ0n) is 14.7. The van der Waals surface area contributed by atoms with Crippen molar-refractivity contribution in [3.05, 3.63) is 24.3 Å². The fraction of sp³-hybridized carbons (Fsp3) is 0.611. The smallest absolute Gasteiger partial charge is 0.288 e. The molecule has 0 aromatic heterocycles. The molecule has 1 atom stereocenters. The van der Waals surface area contributed by atoms with E-state index in [-0.39, 0.29) is 24.6 Å². The molecule has 140 valence electrons. The van der Waals surface area contributed by atoms with Gasteiger partial charge < -0.3 is 10.1 Å². The molecule has 0 spiro atoms. The molecule has 1 N–H and O–H groups in total. The van der Waals surface area contributed by atoms with Crippen molar-refractivity contribution in [1.29, 1.82) is 0 Å². The number of anilines is 1. The van der Waals surface area contributed by atoms with Crippen LogP contribution in [0.15, 0.2) is 29.2 Å². The van der Waals surface area contributed by atoms with E-state index < -0.39 is 5.76 Å². The molecular formula is C18H26F2N2O2S. The number of carbonyl (C=O) groups excluding carboxylic acids is 1. The van der Waals surface area contributed by atoms with Crippen LogP contribution in [0.5, 0.6) is 0 Å². The number of ether oxygens (including phenoxy) is 1. The molecule has 4 nitrogen and oxygen atoms in total. The molecule has 0 radical (unpaired) electrons. The van der Waals surface area contributed by atoms with Crippen molar-refractivity contribution in [2.75, 3.05) is 25.0 Å². The number of hydrogen-bond donors (Lipinski definition) is 1. The van der Waals surface area contributed by atoms with Crippen LogP contribution in [0, 0.1) is 0 Å². The van der Waals surface area contributed by atoms with Gasteiger partial charge in [-0.25, -0.2) is 0 Å². The summed E-state index contributed by atoms with van der Waals surface area (Å²) in [5.74, 6) is -2.72. The van der Waals surface area contributed by atoms with Gasteiger partial charge in [0, 0.05) is 24.1 Å². The summed E-state index contributed by atoms with van der Waals surface area (Å²) < 4.78 is 31.0. The Kier molecular flexibility index (Phi) is 8.12. The van der Waals surface area contributed by atoms with Crippen molar-refractivity contribution in [3.63, 3.8) is 0 Å². The van der Waals surface area contributed by atoms with Gasteiger partial charge in [-0.1, -0.05) is 23.9 Å². The lowest BCUT2D eigenvalue weighted by Gasteiger charge is -2.32. The molecule has 0 unspecified atom stereocenters. The Morgan fingerprint density at radius 3 is 2.76 bits per heavy atom. The van der Waals surface area contributed by atoms with E-state index in [1.165, 1.54) is 0 Å². The highest BCUT2D eigenvalue weighted by Crippen LogP contribution is 2.31. The zero-order chi connectivity index (χ0) is 18.2. The standard InChI is InChI=1S/C18H26F2N2O2S/c1-13(2)22(11-14-7-5-6-10-24-14)12-17(23)21-15-8-3-4-9-16(15)25-18(19)20/h3-4,8-9,13-14,18H,5-7,10-12H2,1-2H3,(H,21,23)/t14-/m1/s1. The number of carbonyl (C=O) groups is 1. The molecule has 7 heteroatoms. The van der Waals surface area contributed by atoms with Crippen LogP contribution < -0.4 is 5.32 Å². The highest BCUT2D eigenvalue weighted by molar-refractivity contribution is 7.99. The van der Waals surface area contributed by atoms with Gasteiger partial charge in [0.1, 0.15) is 0 Å². The Balaban J connectivity index is 1.94. The van der Waals surface area contributed by atoms with Crippen LogP contribution in [-0.4, -0.2) is 48.4 Å². The highest BCUT2D eigenvalue weighted by atomic mass is 32.2. The largest absolute Gasteiger partial charge is 0.377 e. The first-order chi connectivity index (χ1) is 12.0. The van der Waals surface area contributed by atoms with Crippen LogP contribution in [0.1, 0.15) is 33.1 Å². The van der Waals surface area contributed by atoms with Gasteiger partial charge in [0.15, 0.2) is 0 Å². The third kappa shape index (κ3) is 6.92. The second-order valence-electron chi connectivity index (χ2n) is 6.43. The lowest BCUT2D eigenvalue weighted by molar-refractivity contribution is -0.118. The molecule has 0 saturated carbocycles. The Bertz CT molecular complexity index is 552. The van der Waals surface area contributed by atoms with Gasteiger partial charge in [-0.05, 0) is 45.2 Å². The lowest BCUT2D eigenvalue weighted by Crippen LogP contribution is -2.43. The van der Waals surface area contributed by atoms with E-state index in [1.54, 1.807) is 24.3 Å². The lowest BCUT2D eigenvalue weighted by atomic mass is 10.1. The van der Waals surface area contributed by atoms with E-state index in [0.717, 1.165) is 25.9 Å². The molecule has 1 amide bonds. The molecule has 0 bridgehead atoms. The molecule has 1 heterocycles. The summed E-state index contributed by atoms with van der Waals surface area (Å²) in [5, 5.41) is 2.76. The summed E-state index contributed by atoms with van der Waals surface area (Å²) >= 11 is 0.439. The maximum absolute atomic E-state index is 12.6. The van der Waals surface area contributed by atoms with E-state index in [2.05, 4.69) is 10.2 Å². The normalized spacial score (nSPS) is 18.1. The number of amides is 1. The molecule has 0 aliphatic carbocycles. The van der Waals surface area contributed by atoms with Crippen molar-refractivity contribution in [2.24, 2.45) is 0 Å². The molecule has 1 fully saturated rings. The minimum Gasteiger partial charge on any atom is -0.377 e. The van der Waals surface area contributed by atoms with Gasteiger partial charge in [-0.3, -0.25) is 9.69 Å². The minimum atomic E-state index is -2.52. The van der Waals surface area contributed by atoms with E-state index in [0.29, 0.717) is 28.9 Å². The number of benzene rings is 1. The summed E-state index contributed by atoms with van der Waals surface area (Å²) in [6, 6.07) is 6.83. The molecule has 1 aliphatic heterocycles. The number of hydrogen-bond acceptors (Lipinski definition) is 4. The number of para-hydroxylation sites is 1.